The number of nitrogens with zero attached hydrogens (tertiary/aromatic N) is 2. The molecule has 130 valence electrons. The van der Waals surface area contributed by atoms with E-state index in [-0.39, 0.29) is 49.6 Å². The van der Waals surface area contributed by atoms with Crippen LogP contribution < -0.4 is 5.32 Å². The number of hydrogen-bond acceptors (Lipinski definition) is 4. The van der Waals surface area contributed by atoms with Gasteiger partial charge in [-0.3, -0.25) is 19.3 Å². The monoisotopic (exact) mass is 331 g/mol. The molecule has 0 spiro atoms. The van der Waals surface area contributed by atoms with E-state index in [9.17, 15) is 14.4 Å². The Hall–Kier alpha value is -2.21. The number of nitrogens with one attached hydrogen (secondary N) is 1. The van der Waals surface area contributed by atoms with Gasteiger partial charge in [-0.1, -0.05) is 29.8 Å². The van der Waals surface area contributed by atoms with Gasteiger partial charge >= 0.3 is 0 Å². The van der Waals surface area contributed by atoms with Gasteiger partial charge < -0.3 is 10.2 Å². The van der Waals surface area contributed by atoms with Gasteiger partial charge in [0.15, 0.2) is 0 Å². The van der Waals surface area contributed by atoms with E-state index in [0.717, 1.165) is 5.56 Å². The van der Waals surface area contributed by atoms with E-state index in [0.29, 0.717) is 6.54 Å². The molecule has 6 heteroatoms. The summed E-state index contributed by atoms with van der Waals surface area (Å²) in [6, 6.07) is 8.31. The van der Waals surface area contributed by atoms with Gasteiger partial charge in [0.25, 0.3) is 0 Å². The van der Waals surface area contributed by atoms with Gasteiger partial charge in [0.2, 0.25) is 17.7 Å². The number of carbonyl (C=O) groups excluding carboxylic acids is 3. The number of amides is 3. The topological polar surface area (TPSA) is 69.7 Å². The van der Waals surface area contributed by atoms with Crippen LogP contribution in [0.25, 0.3) is 0 Å². The van der Waals surface area contributed by atoms with Crippen molar-refractivity contribution in [2.24, 2.45) is 0 Å². The molecule has 0 saturated carbocycles. The van der Waals surface area contributed by atoms with Gasteiger partial charge in [-0.2, -0.15) is 0 Å². The van der Waals surface area contributed by atoms with Crippen molar-refractivity contribution in [2.75, 3.05) is 27.2 Å². The predicted octanol–water partition coefficient (Wildman–Crippen LogP) is 1.25. The van der Waals surface area contributed by atoms with E-state index in [4.69, 9.17) is 0 Å². The fraction of sp³-hybridized carbons (Fsp3) is 0.500. The normalized spacial score (nSPS) is 15.9. The maximum atomic E-state index is 12.0. The minimum Gasteiger partial charge on any atom is -0.354 e. The van der Waals surface area contributed by atoms with E-state index >= 15 is 0 Å². The van der Waals surface area contributed by atoms with Crippen molar-refractivity contribution < 1.29 is 14.4 Å². The van der Waals surface area contributed by atoms with E-state index in [2.05, 4.69) is 34.5 Å². The molecule has 24 heavy (non-hydrogen) atoms. The summed E-state index contributed by atoms with van der Waals surface area (Å²) in [5, 5.41) is 2.90. The number of imide groups is 1. The highest BCUT2D eigenvalue weighted by molar-refractivity contribution is 6.02. The molecule has 1 aromatic carbocycles. The van der Waals surface area contributed by atoms with Gasteiger partial charge in [-0.25, -0.2) is 0 Å². The molecule has 1 aromatic rings. The SMILES string of the molecule is Cc1ccc(C(CNC(=O)CCN2C(=O)CCC2=O)N(C)C)cc1. The molecule has 2 rings (SSSR count). The zero-order valence-electron chi connectivity index (χ0n) is 14.5. The number of benzene rings is 1. The van der Waals surface area contributed by atoms with Crippen LogP contribution in [0.15, 0.2) is 24.3 Å². The summed E-state index contributed by atoms with van der Waals surface area (Å²) in [5.74, 6) is -0.515. The minimum atomic E-state index is -0.182. The standard InChI is InChI=1S/C18H25N3O3/c1-13-4-6-14(7-5-13)15(20(2)3)12-19-16(22)10-11-21-17(23)8-9-18(21)24/h4-7,15H,8-12H2,1-3H3,(H,19,22). The van der Waals surface area contributed by atoms with Gasteiger partial charge in [0.1, 0.15) is 0 Å². The first-order valence-electron chi connectivity index (χ1n) is 8.21. The largest absolute Gasteiger partial charge is 0.354 e. The lowest BCUT2D eigenvalue weighted by atomic mass is 10.0. The lowest BCUT2D eigenvalue weighted by Crippen LogP contribution is -2.37. The van der Waals surface area contributed by atoms with Crippen molar-refractivity contribution in [3.05, 3.63) is 35.4 Å². The van der Waals surface area contributed by atoms with Crippen molar-refractivity contribution in [1.82, 2.24) is 15.1 Å². The van der Waals surface area contributed by atoms with Gasteiger partial charge in [0, 0.05) is 32.4 Å². The second-order valence-electron chi connectivity index (χ2n) is 6.38. The molecule has 1 aliphatic rings. The summed E-state index contributed by atoms with van der Waals surface area (Å²) < 4.78 is 0. The predicted molar refractivity (Wildman–Crippen MR) is 91.2 cm³/mol. The molecule has 1 atom stereocenters. The Balaban J connectivity index is 1.85. The molecular formula is C18H25N3O3. The lowest BCUT2D eigenvalue weighted by molar-refractivity contribution is -0.138. The summed E-state index contributed by atoms with van der Waals surface area (Å²) >= 11 is 0. The van der Waals surface area contributed by atoms with Crippen molar-refractivity contribution in [3.8, 4) is 0 Å². The van der Waals surface area contributed by atoms with Crippen LogP contribution in [0.5, 0.6) is 0 Å². The van der Waals surface area contributed by atoms with E-state index in [1.807, 2.05) is 21.0 Å². The van der Waals surface area contributed by atoms with Gasteiger partial charge in [0.05, 0.1) is 6.04 Å². The van der Waals surface area contributed by atoms with E-state index < -0.39 is 0 Å². The Morgan fingerprint density at radius 3 is 2.29 bits per heavy atom. The first-order valence-corrected chi connectivity index (χ1v) is 8.21. The van der Waals surface area contributed by atoms with Crippen LogP contribution in [0.1, 0.15) is 36.4 Å². The molecule has 0 bridgehead atoms. The molecule has 0 aromatic heterocycles. The highest BCUT2D eigenvalue weighted by atomic mass is 16.2. The first kappa shape index (κ1) is 18.1. The molecule has 1 fully saturated rings. The van der Waals surface area contributed by atoms with Crippen LogP contribution in [0, 0.1) is 6.92 Å². The van der Waals surface area contributed by atoms with Crippen molar-refractivity contribution in [3.63, 3.8) is 0 Å². The number of likely N-dealkylation sites (tertiary alicyclic amines) is 1. The third kappa shape index (κ3) is 4.64. The maximum absolute atomic E-state index is 12.0. The maximum Gasteiger partial charge on any atom is 0.229 e. The summed E-state index contributed by atoms with van der Waals surface area (Å²) in [5.41, 5.74) is 2.33. The zero-order valence-corrected chi connectivity index (χ0v) is 14.5. The molecule has 3 amide bonds. The molecule has 1 heterocycles. The van der Waals surface area contributed by atoms with Crippen molar-refractivity contribution in [1.29, 1.82) is 0 Å². The summed E-state index contributed by atoms with van der Waals surface area (Å²) in [6.07, 6.45) is 0.665. The molecule has 1 N–H and O–H groups in total. The average Bonchev–Trinajstić information content (AvgIpc) is 2.85. The summed E-state index contributed by atoms with van der Waals surface area (Å²) in [7, 11) is 3.94. The Kier molecular flexibility index (Phi) is 6.09. The Bertz CT molecular complexity index is 594. The van der Waals surface area contributed by atoms with Crippen molar-refractivity contribution >= 4 is 17.7 Å². The minimum absolute atomic E-state index is 0.0737. The molecule has 0 aliphatic carbocycles. The molecule has 0 radical (unpaired) electrons. The quantitative estimate of drug-likeness (QED) is 0.764. The number of rotatable bonds is 7. The molecule has 1 aliphatic heterocycles. The first-order chi connectivity index (χ1) is 11.4. The van der Waals surface area contributed by atoms with Crippen LogP contribution in [0.4, 0.5) is 0 Å². The zero-order chi connectivity index (χ0) is 17.7. The Labute approximate surface area is 142 Å². The number of likely N-dealkylation sites (N-methyl/N-ethyl adjacent to an activating group) is 1. The van der Waals surface area contributed by atoms with Crippen molar-refractivity contribution in [2.45, 2.75) is 32.2 Å². The summed E-state index contributed by atoms with van der Waals surface area (Å²) in [6.45, 7) is 2.69. The fourth-order valence-corrected chi connectivity index (χ4v) is 2.77. The second kappa shape index (κ2) is 8.06. The highest BCUT2D eigenvalue weighted by Crippen LogP contribution is 2.18. The lowest BCUT2D eigenvalue weighted by Gasteiger charge is -2.25. The Morgan fingerprint density at radius 1 is 1.17 bits per heavy atom. The van der Waals surface area contributed by atoms with Crippen LogP contribution in [0.3, 0.4) is 0 Å². The smallest absolute Gasteiger partial charge is 0.229 e. The molecular weight excluding hydrogens is 306 g/mol. The third-order valence-electron chi connectivity index (χ3n) is 4.30. The average molecular weight is 331 g/mol. The molecule has 6 nitrogen and oxygen atoms in total. The third-order valence-corrected chi connectivity index (χ3v) is 4.30. The molecule has 1 unspecified atom stereocenters. The van der Waals surface area contributed by atoms with Crippen LogP contribution >= 0.6 is 0 Å². The number of aryl methyl sites for hydroxylation is 1. The van der Waals surface area contributed by atoms with E-state index in [1.54, 1.807) is 0 Å². The second-order valence-corrected chi connectivity index (χ2v) is 6.38. The van der Waals surface area contributed by atoms with Gasteiger partial charge in [-0.15, -0.1) is 0 Å². The Morgan fingerprint density at radius 2 is 1.75 bits per heavy atom. The van der Waals surface area contributed by atoms with Gasteiger partial charge in [-0.05, 0) is 26.6 Å². The fourth-order valence-electron chi connectivity index (χ4n) is 2.77. The van der Waals surface area contributed by atoms with Crippen LogP contribution in [-0.4, -0.2) is 54.7 Å². The number of hydrogen-bond donors (Lipinski definition) is 1. The number of carbonyl (C=O) groups is 3. The van der Waals surface area contributed by atoms with E-state index in [1.165, 1.54) is 10.5 Å². The highest BCUT2D eigenvalue weighted by Gasteiger charge is 2.28. The van der Waals surface area contributed by atoms with Crippen LogP contribution in [0.2, 0.25) is 0 Å². The molecule has 1 saturated heterocycles. The van der Waals surface area contributed by atoms with Crippen LogP contribution in [-0.2, 0) is 14.4 Å². The summed E-state index contributed by atoms with van der Waals surface area (Å²) in [4.78, 5) is 38.3.